The second kappa shape index (κ2) is 5.36. The van der Waals surface area contributed by atoms with E-state index in [0.717, 1.165) is 37.3 Å². The number of nitrogens with one attached hydrogen (secondary N) is 1. The first-order valence-electron chi connectivity index (χ1n) is 6.17. The van der Waals surface area contributed by atoms with Crippen molar-refractivity contribution >= 4 is 5.91 Å². The van der Waals surface area contributed by atoms with Gasteiger partial charge in [0.2, 0.25) is 5.91 Å². The minimum Gasteiger partial charge on any atom is -0.469 e. The van der Waals surface area contributed by atoms with E-state index in [1.165, 1.54) is 0 Å². The summed E-state index contributed by atoms with van der Waals surface area (Å²) in [6.07, 6.45) is 3.58. The van der Waals surface area contributed by atoms with E-state index >= 15 is 0 Å². The van der Waals surface area contributed by atoms with Crippen LogP contribution in [-0.2, 0) is 11.3 Å². The van der Waals surface area contributed by atoms with E-state index in [4.69, 9.17) is 4.42 Å². The minimum atomic E-state index is 0.188. The Morgan fingerprint density at radius 3 is 2.82 bits per heavy atom. The van der Waals surface area contributed by atoms with Crippen LogP contribution >= 0.6 is 0 Å². The molecular formula is C13H20N2O2. The van der Waals surface area contributed by atoms with Crippen LogP contribution in [-0.4, -0.2) is 30.9 Å². The lowest BCUT2D eigenvalue weighted by Gasteiger charge is -2.26. The van der Waals surface area contributed by atoms with Crippen molar-refractivity contribution in [2.24, 2.45) is 5.92 Å². The fourth-order valence-electron chi connectivity index (χ4n) is 2.29. The van der Waals surface area contributed by atoms with Gasteiger partial charge in [-0.15, -0.1) is 0 Å². The van der Waals surface area contributed by atoms with Crippen molar-refractivity contribution in [3.8, 4) is 0 Å². The van der Waals surface area contributed by atoms with Gasteiger partial charge in [0, 0.05) is 25.1 Å². The number of furan rings is 1. The Morgan fingerprint density at radius 2 is 2.24 bits per heavy atom. The van der Waals surface area contributed by atoms with Crippen molar-refractivity contribution < 1.29 is 9.21 Å². The molecule has 4 heteroatoms. The molecule has 0 aromatic carbocycles. The number of carbonyl (C=O) groups is 1. The number of piperidine rings is 1. The van der Waals surface area contributed by atoms with Gasteiger partial charge in [-0.25, -0.2) is 0 Å². The maximum absolute atomic E-state index is 12.2. The third kappa shape index (κ3) is 2.88. The van der Waals surface area contributed by atoms with E-state index in [-0.39, 0.29) is 11.8 Å². The van der Waals surface area contributed by atoms with Gasteiger partial charge >= 0.3 is 0 Å². The lowest BCUT2D eigenvalue weighted by molar-refractivity contribution is -0.135. The molecule has 1 aromatic rings. The molecular weight excluding hydrogens is 216 g/mol. The lowest BCUT2D eigenvalue weighted by atomic mass is 9.96. The minimum absolute atomic E-state index is 0.188. The first kappa shape index (κ1) is 12.2. The van der Waals surface area contributed by atoms with Gasteiger partial charge in [-0.1, -0.05) is 0 Å². The summed E-state index contributed by atoms with van der Waals surface area (Å²) in [5.74, 6) is 1.34. The Kier molecular flexibility index (Phi) is 3.84. The summed E-state index contributed by atoms with van der Waals surface area (Å²) < 4.78 is 5.24. The molecule has 1 fully saturated rings. The normalized spacial score (nSPS) is 17.1. The molecule has 2 heterocycles. The van der Waals surface area contributed by atoms with Crippen LogP contribution in [0.5, 0.6) is 0 Å². The maximum atomic E-state index is 12.2. The quantitative estimate of drug-likeness (QED) is 0.866. The summed E-state index contributed by atoms with van der Waals surface area (Å²) in [5.41, 5.74) is 1.09. The van der Waals surface area contributed by atoms with Gasteiger partial charge in [0.1, 0.15) is 5.76 Å². The van der Waals surface area contributed by atoms with Crippen molar-refractivity contribution in [2.45, 2.75) is 26.3 Å². The fourth-order valence-corrected chi connectivity index (χ4v) is 2.29. The number of nitrogens with zero attached hydrogens (tertiary/aromatic N) is 1. The Morgan fingerprint density at radius 1 is 1.53 bits per heavy atom. The molecule has 1 aliphatic rings. The zero-order valence-electron chi connectivity index (χ0n) is 10.5. The Balaban J connectivity index is 1.93. The van der Waals surface area contributed by atoms with E-state index in [1.807, 2.05) is 24.9 Å². The van der Waals surface area contributed by atoms with Gasteiger partial charge in [0.25, 0.3) is 0 Å². The number of aryl methyl sites for hydroxylation is 1. The molecule has 4 nitrogen and oxygen atoms in total. The van der Waals surface area contributed by atoms with Crippen LogP contribution in [0.3, 0.4) is 0 Å². The molecule has 1 aliphatic heterocycles. The topological polar surface area (TPSA) is 45.5 Å². The molecule has 0 spiro atoms. The summed E-state index contributed by atoms with van der Waals surface area (Å²) in [4.78, 5) is 14.0. The molecule has 0 unspecified atom stereocenters. The third-order valence-corrected chi connectivity index (χ3v) is 3.44. The van der Waals surface area contributed by atoms with Crippen LogP contribution in [0, 0.1) is 12.8 Å². The van der Waals surface area contributed by atoms with E-state index in [9.17, 15) is 4.79 Å². The molecule has 1 N–H and O–H groups in total. The third-order valence-electron chi connectivity index (χ3n) is 3.44. The van der Waals surface area contributed by atoms with Gasteiger partial charge in [-0.05, 0) is 38.9 Å². The highest BCUT2D eigenvalue weighted by atomic mass is 16.3. The molecule has 1 saturated heterocycles. The highest BCUT2D eigenvalue weighted by Gasteiger charge is 2.24. The molecule has 0 aliphatic carbocycles. The Labute approximate surface area is 102 Å². The van der Waals surface area contributed by atoms with Crippen molar-refractivity contribution in [1.29, 1.82) is 0 Å². The van der Waals surface area contributed by atoms with Gasteiger partial charge in [-0.2, -0.15) is 0 Å². The SMILES string of the molecule is Cc1occc1CN(C)C(=O)C1CCNCC1. The summed E-state index contributed by atoms with van der Waals surface area (Å²) >= 11 is 0. The smallest absolute Gasteiger partial charge is 0.225 e. The predicted octanol–water partition coefficient (Wildman–Crippen LogP) is 1.55. The summed E-state index contributed by atoms with van der Waals surface area (Å²) in [6.45, 7) is 4.48. The average molecular weight is 236 g/mol. The molecule has 0 saturated carbocycles. The predicted molar refractivity (Wildman–Crippen MR) is 65.5 cm³/mol. The number of rotatable bonds is 3. The first-order valence-corrected chi connectivity index (χ1v) is 6.17. The Hall–Kier alpha value is -1.29. The number of carbonyl (C=O) groups excluding carboxylic acids is 1. The molecule has 94 valence electrons. The van der Waals surface area contributed by atoms with Crippen molar-refractivity contribution in [1.82, 2.24) is 10.2 Å². The van der Waals surface area contributed by atoms with Crippen LogP contribution < -0.4 is 5.32 Å². The largest absolute Gasteiger partial charge is 0.469 e. The van der Waals surface area contributed by atoms with Crippen LogP contribution in [0.1, 0.15) is 24.2 Å². The van der Waals surface area contributed by atoms with E-state index in [1.54, 1.807) is 6.26 Å². The molecule has 17 heavy (non-hydrogen) atoms. The van der Waals surface area contributed by atoms with Crippen LogP contribution in [0.4, 0.5) is 0 Å². The summed E-state index contributed by atoms with van der Waals surface area (Å²) in [5, 5.41) is 3.28. The van der Waals surface area contributed by atoms with Crippen molar-refractivity contribution in [3.05, 3.63) is 23.7 Å². The van der Waals surface area contributed by atoms with Crippen molar-refractivity contribution in [3.63, 3.8) is 0 Å². The molecule has 2 rings (SSSR count). The monoisotopic (exact) mass is 236 g/mol. The number of amides is 1. The number of hydrogen-bond acceptors (Lipinski definition) is 3. The van der Waals surface area contributed by atoms with E-state index in [2.05, 4.69) is 5.32 Å². The van der Waals surface area contributed by atoms with Gasteiger partial charge < -0.3 is 14.6 Å². The lowest BCUT2D eigenvalue weighted by Crippen LogP contribution is -2.38. The summed E-state index contributed by atoms with van der Waals surface area (Å²) in [6, 6.07) is 1.93. The standard InChI is InChI=1S/C13H20N2O2/c1-10-12(5-8-17-10)9-15(2)13(16)11-3-6-14-7-4-11/h5,8,11,14H,3-4,6-7,9H2,1-2H3. The van der Waals surface area contributed by atoms with Gasteiger partial charge in [-0.3, -0.25) is 4.79 Å². The fraction of sp³-hybridized carbons (Fsp3) is 0.615. The highest BCUT2D eigenvalue weighted by Crippen LogP contribution is 2.17. The van der Waals surface area contributed by atoms with E-state index in [0.29, 0.717) is 6.54 Å². The zero-order valence-corrected chi connectivity index (χ0v) is 10.5. The number of hydrogen-bond donors (Lipinski definition) is 1. The second-order valence-corrected chi connectivity index (χ2v) is 4.72. The molecule has 0 atom stereocenters. The Bertz CT molecular complexity index is 381. The highest BCUT2D eigenvalue weighted by molar-refractivity contribution is 5.78. The molecule has 1 aromatic heterocycles. The maximum Gasteiger partial charge on any atom is 0.225 e. The average Bonchev–Trinajstić information content (AvgIpc) is 2.75. The zero-order chi connectivity index (χ0) is 12.3. The second-order valence-electron chi connectivity index (χ2n) is 4.72. The summed E-state index contributed by atoms with van der Waals surface area (Å²) in [7, 11) is 1.87. The molecule has 0 bridgehead atoms. The van der Waals surface area contributed by atoms with Crippen LogP contribution in [0.25, 0.3) is 0 Å². The van der Waals surface area contributed by atoms with Crippen LogP contribution in [0.15, 0.2) is 16.7 Å². The molecule has 1 amide bonds. The first-order chi connectivity index (χ1) is 8.18. The van der Waals surface area contributed by atoms with E-state index < -0.39 is 0 Å². The van der Waals surface area contributed by atoms with Gasteiger partial charge in [0.15, 0.2) is 0 Å². The van der Waals surface area contributed by atoms with Gasteiger partial charge in [0.05, 0.1) is 6.26 Å². The van der Waals surface area contributed by atoms with Crippen molar-refractivity contribution in [2.75, 3.05) is 20.1 Å². The molecule has 0 radical (unpaired) electrons. The van der Waals surface area contributed by atoms with Crippen LogP contribution in [0.2, 0.25) is 0 Å².